The monoisotopic (exact) mass is 428 g/mol. The zero-order valence-corrected chi connectivity index (χ0v) is 17.5. The summed E-state index contributed by atoms with van der Waals surface area (Å²) in [5.74, 6) is 0.469. The first-order chi connectivity index (χ1) is 15.0. The summed E-state index contributed by atoms with van der Waals surface area (Å²) in [5.41, 5.74) is 1.55. The molecule has 2 fully saturated rings. The number of rotatable bonds is 6. The van der Waals surface area contributed by atoms with Crippen molar-refractivity contribution >= 4 is 17.2 Å². The molecule has 1 aliphatic carbocycles. The Bertz CT molecular complexity index is 1120. The number of aryl methyl sites for hydroxylation is 1. The molecular weight excluding hydrogens is 403 g/mol. The van der Waals surface area contributed by atoms with E-state index in [1.807, 2.05) is 7.05 Å². The summed E-state index contributed by atoms with van der Waals surface area (Å²) >= 11 is 0. The molecule has 1 saturated heterocycles. The maximum absolute atomic E-state index is 15.0. The Morgan fingerprint density at radius 3 is 2.97 bits per heavy atom. The number of amides is 1. The second-order valence-electron chi connectivity index (χ2n) is 8.24. The summed E-state index contributed by atoms with van der Waals surface area (Å²) in [6.45, 7) is 2.70. The largest absolute Gasteiger partial charge is 0.487 e. The second kappa shape index (κ2) is 7.93. The highest BCUT2D eigenvalue weighted by Gasteiger charge is 2.30. The van der Waals surface area contributed by atoms with Crippen LogP contribution in [0.15, 0.2) is 24.5 Å². The molecule has 0 aromatic carbocycles. The molecular formula is C21H25FN6O3. The third-order valence-corrected chi connectivity index (χ3v) is 5.68. The molecule has 10 heteroatoms. The molecule has 1 atom stereocenters. The van der Waals surface area contributed by atoms with Gasteiger partial charge in [0.2, 0.25) is 5.91 Å². The number of ether oxygens (including phenoxy) is 2. The van der Waals surface area contributed by atoms with Crippen molar-refractivity contribution in [3.63, 3.8) is 0 Å². The van der Waals surface area contributed by atoms with Crippen molar-refractivity contribution in [2.75, 3.05) is 38.7 Å². The van der Waals surface area contributed by atoms with Crippen LogP contribution in [0.5, 0.6) is 5.75 Å². The second-order valence-corrected chi connectivity index (χ2v) is 8.24. The molecule has 1 amide bonds. The van der Waals surface area contributed by atoms with Gasteiger partial charge in [-0.3, -0.25) is 9.48 Å². The summed E-state index contributed by atoms with van der Waals surface area (Å²) < 4.78 is 29.8. The van der Waals surface area contributed by atoms with E-state index >= 15 is 4.39 Å². The van der Waals surface area contributed by atoms with Gasteiger partial charge in [0.15, 0.2) is 17.4 Å². The van der Waals surface area contributed by atoms with Crippen LogP contribution in [0.25, 0.3) is 16.8 Å². The molecule has 0 bridgehead atoms. The number of carbonyl (C=O) groups is 1. The van der Waals surface area contributed by atoms with Gasteiger partial charge in [0, 0.05) is 37.7 Å². The third-order valence-electron chi connectivity index (χ3n) is 5.68. The number of morpholine rings is 1. The first-order valence-electron chi connectivity index (χ1n) is 10.4. The van der Waals surface area contributed by atoms with Crippen LogP contribution in [0.2, 0.25) is 0 Å². The van der Waals surface area contributed by atoms with Crippen LogP contribution >= 0.6 is 0 Å². The van der Waals surface area contributed by atoms with Crippen LogP contribution in [0, 0.1) is 11.7 Å². The van der Waals surface area contributed by atoms with E-state index in [4.69, 9.17) is 9.47 Å². The molecule has 3 aromatic rings. The van der Waals surface area contributed by atoms with Crippen molar-refractivity contribution < 1.29 is 18.7 Å². The molecule has 1 saturated carbocycles. The summed E-state index contributed by atoms with van der Waals surface area (Å²) in [7, 11) is 3.79. The van der Waals surface area contributed by atoms with Crippen LogP contribution in [-0.4, -0.2) is 69.7 Å². The molecule has 3 aromatic heterocycles. The van der Waals surface area contributed by atoms with Crippen LogP contribution in [0.4, 0.5) is 10.2 Å². The first-order valence-corrected chi connectivity index (χ1v) is 10.4. The quantitative estimate of drug-likeness (QED) is 0.646. The summed E-state index contributed by atoms with van der Waals surface area (Å²) in [6.07, 6.45) is 4.65. The van der Waals surface area contributed by atoms with Gasteiger partial charge in [-0.1, -0.05) is 0 Å². The Morgan fingerprint density at radius 2 is 2.19 bits per heavy atom. The van der Waals surface area contributed by atoms with Crippen LogP contribution in [0.1, 0.15) is 12.8 Å². The maximum Gasteiger partial charge on any atom is 0.228 e. The van der Waals surface area contributed by atoms with E-state index in [0.29, 0.717) is 41.6 Å². The highest BCUT2D eigenvalue weighted by atomic mass is 19.1. The molecule has 0 spiro atoms. The molecule has 9 nitrogen and oxygen atoms in total. The van der Waals surface area contributed by atoms with Crippen molar-refractivity contribution in [3.8, 4) is 17.0 Å². The number of aromatic nitrogens is 4. The van der Waals surface area contributed by atoms with E-state index in [9.17, 15) is 4.79 Å². The Hall–Kier alpha value is -2.98. The van der Waals surface area contributed by atoms with E-state index in [2.05, 4.69) is 20.4 Å². The smallest absolute Gasteiger partial charge is 0.228 e. The molecule has 31 heavy (non-hydrogen) atoms. The average molecular weight is 428 g/mol. The van der Waals surface area contributed by atoms with Crippen molar-refractivity contribution in [2.45, 2.75) is 18.9 Å². The van der Waals surface area contributed by atoms with Crippen LogP contribution in [-0.2, 0) is 16.6 Å². The zero-order valence-electron chi connectivity index (χ0n) is 17.5. The number of hydrogen-bond acceptors (Lipinski definition) is 6. The summed E-state index contributed by atoms with van der Waals surface area (Å²) in [4.78, 5) is 14.2. The number of fused-ring (bicyclic) bond motifs is 1. The lowest BCUT2D eigenvalue weighted by molar-refractivity contribution is -0.117. The van der Waals surface area contributed by atoms with Gasteiger partial charge in [0.25, 0.3) is 0 Å². The van der Waals surface area contributed by atoms with Gasteiger partial charge in [-0.2, -0.15) is 5.10 Å². The third kappa shape index (κ3) is 4.13. The topological polar surface area (TPSA) is 85.9 Å². The molecule has 1 unspecified atom stereocenters. The average Bonchev–Trinajstić information content (AvgIpc) is 3.43. The minimum atomic E-state index is -0.460. The maximum atomic E-state index is 15.0. The van der Waals surface area contributed by atoms with E-state index in [0.717, 1.165) is 25.9 Å². The van der Waals surface area contributed by atoms with E-state index in [-0.39, 0.29) is 17.9 Å². The number of anilines is 1. The predicted octanol–water partition coefficient (Wildman–Crippen LogP) is 1.93. The molecule has 164 valence electrons. The Morgan fingerprint density at radius 1 is 1.35 bits per heavy atom. The highest BCUT2D eigenvalue weighted by Crippen LogP contribution is 2.33. The Kier molecular flexibility index (Phi) is 5.11. The van der Waals surface area contributed by atoms with Crippen molar-refractivity contribution in [1.82, 2.24) is 24.3 Å². The van der Waals surface area contributed by atoms with Gasteiger partial charge in [0.1, 0.15) is 18.4 Å². The molecule has 2 aliphatic rings. The lowest BCUT2D eigenvalue weighted by atomic mass is 10.1. The number of likely N-dealkylation sites (N-methyl/N-ethyl adjacent to an activating group) is 1. The molecule has 4 heterocycles. The lowest BCUT2D eigenvalue weighted by Crippen LogP contribution is -2.42. The normalized spacial score (nSPS) is 19.6. The van der Waals surface area contributed by atoms with Gasteiger partial charge in [-0.15, -0.1) is 5.10 Å². The minimum Gasteiger partial charge on any atom is -0.487 e. The zero-order chi connectivity index (χ0) is 21.5. The molecule has 1 N–H and O–H groups in total. The SMILES string of the molecule is CN1CCOC(COc2cnn(C)c2-c2cc3cc(NC(=O)C4CC4)nn3cc2F)C1. The Labute approximate surface area is 178 Å². The van der Waals surface area contributed by atoms with Gasteiger partial charge in [0.05, 0.1) is 24.5 Å². The van der Waals surface area contributed by atoms with E-state index in [1.165, 1.54) is 10.7 Å². The number of carbonyl (C=O) groups excluding carboxylic acids is 1. The van der Waals surface area contributed by atoms with Crippen molar-refractivity contribution in [3.05, 3.63) is 30.3 Å². The highest BCUT2D eigenvalue weighted by molar-refractivity contribution is 5.93. The fraction of sp³-hybridized carbons (Fsp3) is 0.476. The predicted molar refractivity (Wildman–Crippen MR) is 111 cm³/mol. The standard InChI is InChI=1S/C21H25FN6O3/c1-26-5-6-30-15(10-26)12-31-18-9-23-27(2)20(18)16-7-14-8-19(24-21(29)13-3-4-13)25-28(14)11-17(16)22/h7-9,11,13,15H,3-6,10,12H2,1-2H3,(H,24,25,29). The van der Waals surface area contributed by atoms with Gasteiger partial charge < -0.3 is 19.7 Å². The summed E-state index contributed by atoms with van der Waals surface area (Å²) in [5, 5.41) is 11.3. The summed E-state index contributed by atoms with van der Waals surface area (Å²) in [6, 6.07) is 3.41. The fourth-order valence-corrected chi connectivity index (χ4v) is 3.81. The van der Waals surface area contributed by atoms with Crippen LogP contribution in [0.3, 0.4) is 0 Å². The molecule has 5 rings (SSSR count). The first kappa shape index (κ1) is 20.0. The molecule has 1 aliphatic heterocycles. The van der Waals surface area contributed by atoms with E-state index < -0.39 is 5.82 Å². The van der Waals surface area contributed by atoms with E-state index in [1.54, 1.807) is 30.1 Å². The van der Waals surface area contributed by atoms with Crippen molar-refractivity contribution in [1.29, 1.82) is 0 Å². The van der Waals surface area contributed by atoms with Gasteiger partial charge in [-0.25, -0.2) is 8.91 Å². The number of pyridine rings is 1. The fourth-order valence-electron chi connectivity index (χ4n) is 3.81. The number of halogens is 1. The minimum absolute atomic E-state index is 0.0398. The molecule has 0 radical (unpaired) electrons. The van der Waals surface area contributed by atoms with Gasteiger partial charge in [-0.05, 0) is 26.0 Å². The Balaban J connectivity index is 1.40. The number of nitrogens with one attached hydrogen (secondary N) is 1. The number of nitrogens with zero attached hydrogens (tertiary/aromatic N) is 5. The van der Waals surface area contributed by atoms with Gasteiger partial charge >= 0.3 is 0 Å². The van der Waals surface area contributed by atoms with Crippen molar-refractivity contribution in [2.24, 2.45) is 13.0 Å². The number of hydrogen-bond donors (Lipinski definition) is 1. The van der Waals surface area contributed by atoms with Crippen LogP contribution < -0.4 is 10.1 Å². The lowest BCUT2D eigenvalue weighted by Gasteiger charge is -2.29.